The molecule has 0 bridgehead atoms. The van der Waals surface area contributed by atoms with Gasteiger partial charge in [-0.15, -0.1) is 11.3 Å². The van der Waals surface area contributed by atoms with Gasteiger partial charge in [0.25, 0.3) is 0 Å². The van der Waals surface area contributed by atoms with Crippen molar-refractivity contribution < 1.29 is 13.2 Å². The summed E-state index contributed by atoms with van der Waals surface area (Å²) in [6, 6.07) is 1.33. The number of rotatable bonds is 7. The number of alkyl halides is 1. The van der Waals surface area contributed by atoms with Crippen LogP contribution in [0.1, 0.15) is 0 Å². The summed E-state index contributed by atoms with van der Waals surface area (Å²) < 4.78 is 31.6. The second-order valence-corrected chi connectivity index (χ2v) is 7.70. The lowest BCUT2D eigenvalue weighted by atomic mass is 10.7. The summed E-state index contributed by atoms with van der Waals surface area (Å²) in [6.45, 7) is 1.03. The summed E-state index contributed by atoms with van der Waals surface area (Å²) in [6.07, 6.45) is 0. The van der Waals surface area contributed by atoms with Crippen LogP contribution in [0, 0.1) is 0 Å². The monoisotopic (exact) mass is 381 g/mol. The fraction of sp³-hybridized carbons (Fsp3) is 0.500. The molecule has 1 N–H and O–H groups in total. The lowest BCUT2D eigenvalue weighted by molar-refractivity contribution is 0.156. The molecule has 0 unspecified atom stereocenters. The molecule has 0 aliphatic rings. The van der Waals surface area contributed by atoms with Gasteiger partial charge in [-0.05, 0) is 6.07 Å². The second-order valence-electron chi connectivity index (χ2n) is 2.89. The SMILES string of the molecule is O=S(=O)(NCCOCCBr)c1cc(Cl)sc1Cl. The van der Waals surface area contributed by atoms with E-state index < -0.39 is 10.0 Å². The maximum atomic E-state index is 11.8. The Morgan fingerprint density at radius 2 is 2.12 bits per heavy atom. The lowest BCUT2D eigenvalue weighted by Crippen LogP contribution is -2.27. The maximum Gasteiger partial charge on any atom is 0.243 e. The molecule has 0 spiro atoms. The number of hydrogen-bond donors (Lipinski definition) is 1. The molecule has 1 rings (SSSR count). The Labute approximate surface area is 122 Å². The van der Waals surface area contributed by atoms with Crippen LogP contribution < -0.4 is 4.72 Å². The van der Waals surface area contributed by atoms with Crippen molar-refractivity contribution in [3.05, 3.63) is 14.7 Å². The Bertz CT molecular complexity index is 463. The minimum Gasteiger partial charge on any atom is -0.379 e. The molecule has 4 nitrogen and oxygen atoms in total. The van der Waals surface area contributed by atoms with Crippen molar-refractivity contribution in [1.82, 2.24) is 4.72 Å². The van der Waals surface area contributed by atoms with Gasteiger partial charge in [-0.1, -0.05) is 39.1 Å². The van der Waals surface area contributed by atoms with Gasteiger partial charge < -0.3 is 4.74 Å². The van der Waals surface area contributed by atoms with Gasteiger partial charge >= 0.3 is 0 Å². The molecule has 0 aliphatic carbocycles. The van der Waals surface area contributed by atoms with E-state index in [0.29, 0.717) is 22.9 Å². The number of nitrogens with one attached hydrogen (secondary N) is 1. The number of halogens is 3. The molecule has 0 radical (unpaired) electrons. The average molecular weight is 383 g/mol. The van der Waals surface area contributed by atoms with Crippen molar-refractivity contribution in [3.8, 4) is 0 Å². The highest BCUT2D eigenvalue weighted by Crippen LogP contribution is 2.33. The number of thiophene rings is 1. The third-order valence-corrected chi connectivity index (χ3v) is 5.21. The van der Waals surface area contributed by atoms with Crippen molar-refractivity contribution in [2.24, 2.45) is 0 Å². The first kappa shape index (κ1) is 15.7. The summed E-state index contributed by atoms with van der Waals surface area (Å²) in [7, 11) is -3.60. The van der Waals surface area contributed by atoms with E-state index in [2.05, 4.69) is 20.7 Å². The molecule has 1 heterocycles. The fourth-order valence-corrected chi connectivity index (χ4v) is 4.38. The predicted molar refractivity (Wildman–Crippen MR) is 74.1 cm³/mol. The molecule has 98 valence electrons. The summed E-state index contributed by atoms with van der Waals surface area (Å²) >= 11 is 15.7. The van der Waals surface area contributed by atoms with Crippen LogP contribution in [0.15, 0.2) is 11.0 Å². The van der Waals surface area contributed by atoms with Crippen LogP contribution in [0.5, 0.6) is 0 Å². The third-order valence-electron chi connectivity index (χ3n) is 1.67. The Morgan fingerprint density at radius 3 is 2.65 bits per heavy atom. The largest absolute Gasteiger partial charge is 0.379 e. The lowest BCUT2D eigenvalue weighted by Gasteiger charge is -2.05. The molecule has 0 saturated carbocycles. The van der Waals surface area contributed by atoms with Gasteiger partial charge in [0, 0.05) is 11.9 Å². The molecule has 0 fully saturated rings. The Hall–Kier alpha value is 0.630. The molecule has 0 aromatic carbocycles. The molecule has 0 aliphatic heterocycles. The summed E-state index contributed by atoms with van der Waals surface area (Å²) in [4.78, 5) is 0.00894. The Balaban J connectivity index is 2.54. The fourth-order valence-electron chi connectivity index (χ4n) is 0.991. The zero-order valence-corrected chi connectivity index (χ0v) is 13.3. The van der Waals surface area contributed by atoms with Crippen LogP contribution in [0.4, 0.5) is 0 Å². The number of ether oxygens (including phenoxy) is 1. The highest BCUT2D eigenvalue weighted by Gasteiger charge is 2.20. The van der Waals surface area contributed by atoms with Crippen LogP contribution in [-0.2, 0) is 14.8 Å². The van der Waals surface area contributed by atoms with E-state index in [-0.39, 0.29) is 15.8 Å². The highest BCUT2D eigenvalue weighted by atomic mass is 79.9. The van der Waals surface area contributed by atoms with Crippen molar-refractivity contribution in [1.29, 1.82) is 0 Å². The van der Waals surface area contributed by atoms with Crippen molar-refractivity contribution in [2.75, 3.05) is 25.1 Å². The molecule has 1 aromatic rings. The van der Waals surface area contributed by atoms with Gasteiger partial charge in [0.05, 0.1) is 17.6 Å². The van der Waals surface area contributed by atoms with Gasteiger partial charge in [0.1, 0.15) is 9.23 Å². The number of hydrogen-bond acceptors (Lipinski definition) is 4. The van der Waals surface area contributed by atoms with E-state index >= 15 is 0 Å². The van der Waals surface area contributed by atoms with Gasteiger partial charge in [-0.2, -0.15) is 0 Å². The van der Waals surface area contributed by atoms with Crippen LogP contribution in [0.2, 0.25) is 8.67 Å². The van der Waals surface area contributed by atoms with Crippen LogP contribution >= 0.6 is 50.5 Å². The Morgan fingerprint density at radius 1 is 1.41 bits per heavy atom. The van der Waals surface area contributed by atoms with Crippen molar-refractivity contribution in [2.45, 2.75) is 4.90 Å². The first-order valence-electron chi connectivity index (χ1n) is 4.55. The zero-order valence-electron chi connectivity index (χ0n) is 8.58. The summed E-state index contributed by atoms with van der Waals surface area (Å²) in [5, 5.41) is 0.714. The van der Waals surface area contributed by atoms with E-state index in [4.69, 9.17) is 27.9 Å². The van der Waals surface area contributed by atoms with Crippen LogP contribution in [0.3, 0.4) is 0 Å². The standard InChI is InChI=1S/C8H10BrCl2NO3S2/c9-1-3-15-4-2-12-17(13,14)6-5-7(10)16-8(6)11/h5,12H,1-4H2. The van der Waals surface area contributed by atoms with E-state index in [1.165, 1.54) is 6.07 Å². The van der Waals surface area contributed by atoms with Crippen molar-refractivity contribution >= 4 is 60.5 Å². The van der Waals surface area contributed by atoms with E-state index in [0.717, 1.165) is 11.3 Å². The molecule has 17 heavy (non-hydrogen) atoms. The minimum atomic E-state index is -3.60. The molecular formula is C8H10BrCl2NO3S2. The van der Waals surface area contributed by atoms with E-state index in [9.17, 15) is 8.42 Å². The molecular weight excluding hydrogens is 373 g/mol. The quantitative estimate of drug-likeness (QED) is 0.582. The van der Waals surface area contributed by atoms with Crippen LogP contribution in [-0.4, -0.2) is 33.5 Å². The zero-order chi connectivity index (χ0) is 12.9. The van der Waals surface area contributed by atoms with Gasteiger partial charge in [0.2, 0.25) is 10.0 Å². The molecule has 9 heteroatoms. The average Bonchev–Trinajstić information content (AvgIpc) is 2.58. The first-order valence-corrected chi connectivity index (χ1v) is 8.73. The molecule has 0 saturated heterocycles. The smallest absolute Gasteiger partial charge is 0.243 e. The third kappa shape index (κ3) is 5.02. The number of sulfonamides is 1. The minimum absolute atomic E-state index is 0.00894. The van der Waals surface area contributed by atoms with E-state index in [1.807, 2.05) is 0 Å². The predicted octanol–water partition coefficient (Wildman–Crippen LogP) is 2.74. The topological polar surface area (TPSA) is 55.4 Å². The highest BCUT2D eigenvalue weighted by molar-refractivity contribution is 9.09. The van der Waals surface area contributed by atoms with Crippen LogP contribution in [0.25, 0.3) is 0 Å². The normalized spacial score (nSPS) is 11.9. The second kappa shape index (κ2) is 7.28. The first-order chi connectivity index (χ1) is 7.97. The van der Waals surface area contributed by atoms with Gasteiger partial charge in [-0.25, -0.2) is 13.1 Å². The molecule has 0 amide bonds. The molecule has 0 atom stereocenters. The molecule has 1 aromatic heterocycles. The van der Waals surface area contributed by atoms with Gasteiger partial charge in [-0.3, -0.25) is 0 Å². The van der Waals surface area contributed by atoms with Crippen molar-refractivity contribution in [3.63, 3.8) is 0 Å². The summed E-state index contributed by atoms with van der Waals surface area (Å²) in [5.41, 5.74) is 0. The Kier molecular flexibility index (Phi) is 6.71. The summed E-state index contributed by atoms with van der Waals surface area (Å²) in [5.74, 6) is 0. The maximum absolute atomic E-state index is 11.8. The van der Waals surface area contributed by atoms with Gasteiger partial charge in [0.15, 0.2) is 0 Å². The van der Waals surface area contributed by atoms with E-state index in [1.54, 1.807) is 0 Å².